The van der Waals surface area contributed by atoms with Gasteiger partial charge < -0.3 is 15.0 Å². The molecule has 1 aromatic heterocycles. The summed E-state index contributed by atoms with van der Waals surface area (Å²) < 4.78 is 5.26. The summed E-state index contributed by atoms with van der Waals surface area (Å²) in [7, 11) is 0. The normalized spacial score (nSPS) is 22.3. The van der Waals surface area contributed by atoms with E-state index < -0.39 is 11.7 Å². The van der Waals surface area contributed by atoms with E-state index in [4.69, 9.17) is 4.74 Å². The van der Waals surface area contributed by atoms with Gasteiger partial charge in [0.25, 0.3) is 0 Å². The lowest BCUT2D eigenvalue weighted by molar-refractivity contribution is 0.0636. The zero-order chi connectivity index (χ0) is 16.3. The number of rotatable bonds is 2. The summed E-state index contributed by atoms with van der Waals surface area (Å²) in [5.74, 6) is 0. The molecule has 0 saturated carbocycles. The van der Waals surface area contributed by atoms with Crippen LogP contribution in [0.15, 0.2) is 18.5 Å². The molecule has 2 unspecified atom stereocenters. The van der Waals surface area contributed by atoms with Gasteiger partial charge in [0.2, 0.25) is 0 Å². The number of anilines is 2. The molecule has 2 heterocycles. The van der Waals surface area contributed by atoms with Gasteiger partial charge in [0, 0.05) is 25.2 Å². The molecule has 0 bridgehead atoms. The van der Waals surface area contributed by atoms with E-state index in [9.17, 15) is 4.79 Å². The van der Waals surface area contributed by atoms with Gasteiger partial charge >= 0.3 is 6.09 Å². The van der Waals surface area contributed by atoms with Gasteiger partial charge in [-0.25, -0.2) is 4.79 Å². The molecular formula is C16H26N4O2. The van der Waals surface area contributed by atoms with E-state index in [0.29, 0.717) is 17.8 Å². The number of carbonyl (C=O) groups excluding carboxylic acids is 1. The molecule has 0 radical (unpaired) electrons. The molecule has 1 fully saturated rings. The molecule has 1 amide bonds. The van der Waals surface area contributed by atoms with Gasteiger partial charge in [-0.05, 0) is 40.7 Å². The lowest BCUT2D eigenvalue weighted by Gasteiger charge is -2.37. The van der Waals surface area contributed by atoms with E-state index in [1.165, 1.54) is 0 Å². The SMILES string of the molecule is CC1CN(c2cncc(NC(=O)OC(C)(C)C)c2)CC(C)N1. The zero-order valence-electron chi connectivity index (χ0n) is 14.0. The minimum absolute atomic E-state index is 0.422. The van der Waals surface area contributed by atoms with Gasteiger partial charge in [0.15, 0.2) is 0 Å². The molecule has 122 valence electrons. The first kappa shape index (κ1) is 16.5. The molecule has 2 N–H and O–H groups in total. The number of pyridine rings is 1. The van der Waals surface area contributed by atoms with Crippen molar-refractivity contribution >= 4 is 17.5 Å². The van der Waals surface area contributed by atoms with Crippen LogP contribution < -0.4 is 15.5 Å². The van der Waals surface area contributed by atoms with Crippen LogP contribution in [0.25, 0.3) is 0 Å². The summed E-state index contributed by atoms with van der Waals surface area (Å²) in [6.07, 6.45) is 2.99. The molecule has 6 heteroatoms. The number of nitrogens with zero attached hydrogens (tertiary/aromatic N) is 2. The van der Waals surface area contributed by atoms with Crippen molar-refractivity contribution in [2.45, 2.75) is 52.3 Å². The fraction of sp³-hybridized carbons (Fsp3) is 0.625. The molecular weight excluding hydrogens is 280 g/mol. The first-order valence-corrected chi connectivity index (χ1v) is 7.69. The Morgan fingerprint density at radius 3 is 2.55 bits per heavy atom. The quantitative estimate of drug-likeness (QED) is 0.879. The highest BCUT2D eigenvalue weighted by Crippen LogP contribution is 2.21. The molecule has 22 heavy (non-hydrogen) atoms. The molecule has 1 aliphatic heterocycles. The van der Waals surface area contributed by atoms with E-state index >= 15 is 0 Å². The summed E-state index contributed by atoms with van der Waals surface area (Å²) in [5, 5.41) is 6.23. The predicted molar refractivity (Wildman–Crippen MR) is 88.4 cm³/mol. The molecule has 0 aliphatic carbocycles. The largest absolute Gasteiger partial charge is 0.444 e. The number of amides is 1. The van der Waals surface area contributed by atoms with Gasteiger partial charge in [-0.15, -0.1) is 0 Å². The highest BCUT2D eigenvalue weighted by atomic mass is 16.6. The van der Waals surface area contributed by atoms with Crippen LogP contribution >= 0.6 is 0 Å². The van der Waals surface area contributed by atoms with Crippen LogP contribution in [-0.4, -0.2) is 41.9 Å². The molecule has 0 aromatic carbocycles. The Labute approximate surface area is 132 Å². The number of hydrogen-bond acceptors (Lipinski definition) is 5. The maximum Gasteiger partial charge on any atom is 0.412 e. The molecule has 1 saturated heterocycles. The number of ether oxygens (including phenoxy) is 1. The van der Waals surface area contributed by atoms with Gasteiger partial charge in [0.05, 0.1) is 23.8 Å². The van der Waals surface area contributed by atoms with E-state index in [1.807, 2.05) is 33.0 Å². The average molecular weight is 306 g/mol. The van der Waals surface area contributed by atoms with Crippen LogP contribution in [0.3, 0.4) is 0 Å². The Kier molecular flexibility index (Phi) is 4.90. The third-order valence-corrected chi connectivity index (χ3v) is 3.29. The second-order valence-electron chi connectivity index (χ2n) is 6.93. The summed E-state index contributed by atoms with van der Waals surface area (Å²) in [5.41, 5.74) is 1.14. The van der Waals surface area contributed by atoms with Crippen LogP contribution in [0.5, 0.6) is 0 Å². The fourth-order valence-electron chi connectivity index (χ4n) is 2.63. The Morgan fingerprint density at radius 2 is 1.95 bits per heavy atom. The second-order valence-corrected chi connectivity index (χ2v) is 6.93. The highest BCUT2D eigenvalue weighted by Gasteiger charge is 2.22. The molecule has 2 rings (SSSR count). The average Bonchev–Trinajstić information content (AvgIpc) is 2.35. The predicted octanol–water partition coefficient (Wildman–Crippen LogP) is 2.62. The topological polar surface area (TPSA) is 66.5 Å². The van der Waals surface area contributed by atoms with Crippen molar-refractivity contribution in [2.24, 2.45) is 0 Å². The summed E-state index contributed by atoms with van der Waals surface area (Å²) in [6, 6.07) is 2.78. The number of nitrogens with one attached hydrogen (secondary N) is 2. The molecule has 1 aliphatic rings. The van der Waals surface area contributed by atoms with Crippen molar-refractivity contribution in [3.8, 4) is 0 Å². The van der Waals surface area contributed by atoms with Crippen molar-refractivity contribution in [3.63, 3.8) is 0 Å². The summed E-state index contributed by atoms with van der Waals surface area (Å²) in [4.78, 5) is 18.3. The number of hydrogen-bond donors (Lipinski definition) is 2. The van der Waals surface area contributed by atoms with Gasteiger partial charge in [-0.3, -0.25) is 10.3 Å². The van der Waals surface area contributed by atoms with Crippen LogP contribution in [0, 0.1) is 0 Å². The van der Waals surface area contributed by atoms with E-state index in [1.54, 1.807) is 6.20 Å². The fourth-order valence-corrected chi connectivity index (χ4v) is 2.63. The second kappa shape index (κ2) is 6.52. The molecule has 1 aromatic rings. The monoisotopic (exact) mass is 306 g/mol. The number of aromatic nitrogens is 1. The number of carbonyl (C=O) groups is 1. The van der Waals surface area contributed by atoms with E-state index in [0.717, 1.165) is 18.8 Å². The minimum Gasteiger partial charge on any atom is -0.444 e. The van der Waals surface area contributed by atoms with E-state index in [2.05, 4.69) is 34.4 Å². The zero-order valence-corrected chi connectivity index (χ0v) is 14.0. The van der Waals surface area contributed by atoms with Gasteiger partial charge in [-0.1, -0.05) is 0 Å². The standard InChI is InChI=1S/C16H26N4O2/c1-11-9-20(10-12(2)18-11)14-6-13(7-17-8-14)19-15(21)22-16(3,4)5/h6-8,11-12,18H,9-10H2,1-5H3,(H,19,21). The van der Waals surface area contributed by atoms with Crippen molar-refractivity contribution in [2.75, 3.05) is 23.3 Å². The van der Waals surface area contributed by atoms with Crippen molar-refractivity contribution in [1.82, 2.24) is 10.3 Å². The first-order valence-electron chi connectivity index (χ1n) is 7.69. The Hall–Kier alpha value is -1.82. The first-order chi connectivity index (χ1) is 10.2. The van der Waals surface area contributed by atoms with Crippen LogP contribution in [-0.2, 0) is 4.74 Å². The highest BCUT2D eigenvalue weighted by molar-refractivity contribution is 5.85. The lowest BCUT2D eigenvalue weighted by Crippen LogP contribution is -2.54. The van der Waals surface area contributed by atoms with Crippen molar-refractivity contribution < 1.29 is 9.53 Å². The maximum atomic E-state index is 11.8. The summed E-state index contributed by atoms with van der Waals surface area (Å²) >= 11 is 0. The lowest BCUT2D eigenvalue weighted by atomic mass is 10.1. The Bertz CT molecular complexity index is 517. The summed E-state index contributed by atoms with van der Waals surface area (Å²) in [6.45, 7) is 11.7. The Morgan fingerprint density at radius 1 is 1.32 bits per heavy atom. The smallest absolute Gasteiger partial charge is 0.412 e. The molecule has 2 atom stereocenters. The van der Waals surface area contributed by atoms with Crippen molar-refractivity contribution in [1.29, 1.82) is 0 Å². The van der Waals surface area contributed by atoms with Gasteiger partial charge in [-0.2, -0.15) is 0 Å². The van der Waals surface area contributed by atoms with Gasteiger partial charge in [0.1, 0.15) is 5.60 Å². The molecule has 0 spiro atoms. The minimum atomic E-state index is -0.515. The third kappa shape index (κ3) is 4.87. The van der Waals surface area contributed by atoms with Crippen LogP contribution in [0.1, 0.15) is 34.6 Å². The van der Waals surface area contributed by atoms with Crippen LogP contribution in [0.2, 0.25) is 0 Å². The van der Waals surface area contributed by atoms with Crippen LogP contribution in [0.4, 0.5) is 16.2 Å². The number of piperazine rings is 1. The third-order valence-electron chi connectivity index (χ3n) is 3.29. The molecule has 6 nitrogen and oxygen atoms in total. The Balaban J connectivity index is 2.05. The van der Waals surface area contributed by atoms with E-state index in [-0.39, 0.29) is 0 Å². The van der Waals surface area contributed by atoms with Crippen molar-refractivity contribution in [3.05, 3.63) is 18.5 Å². The maximum absolute atomic E-state index is 11.8.